The first-order valence-electron chi connectivity index (χ1n) is 7.46. The molecule has 0 saturated carbocycles. The van der Waals surface area contributed by atoms with Crippen molar-refractivity contribution in [3.63, 3.8) is 0 Å². The summed E-state index contributed by atoms with van der Waals surface area (Å²) in [6.07, 6.45) is 4.38. The highest BCUT2D eigenvalue weighted by Crippen LogP contribution is 2.07. The van der Waals surface area contributed by atoms with Gasteiger partial charge in [0.15, 0.2) is 9.84 Å². The van der Waals surface area contributed by atoms with Crippen LogP contribution in [0.1, 0.15) is 46.5 Å². The maximum atomic E-state index is 11.5. The van der Waals surface area contributed by atoms with Crippen LogP contribution in [0.25, 0.3) is 0 Å². The Morgan fingerprint density at radius 2 is 1.79 bits per heavy atom. The van der Waals surface area contributed by atoms with Gasteiger partial charge in [0.25, 0.3) is 0 Å². The van der Waals surface area contributed by atoms with Gasteiger partial charge in [-0.2, -0.15) is 0 Å². The number of sulfone groups is 1. The fraction of sp³-hybridized carbons (Fsp3) is 1.00. The van der Waals surface area contributed by atoms with Gasteiger partial charge in [-0.25, -0.2) is 8.42 Å². The van der Waals surface area contributed by atoms with E-state index in [0.29, 0.717) is 11.5 Å². The Morgan fingerprint density at radius 1 is 1.05 bits per heavy atom. The van der Waals surface area contributed by atoms with Crippen molar-refractivity contribution in [2.24, 2.45) is 0 Å². The van der Waals surface area contributed by atoms with Gasteiger partial charge in [-0.05, 0) is 59.7 Å². The van der Waals surface area contributed by atoms with E-state index in [0.717, 1.165) is 32.6 Å². The minimum absolute atomic E-state index is 0.207. The van der Waals surface area contributed by atoms with Crippen molar-refractivity contribution >= 4 is 9.84 Å². The summed E-state index contributed by atoms with van der Waals surface area (Å²) in [5.41, 5.74) is 0.207. The van der Waals surface area contributed by atoms with Crippen LogP contribution in [-0.2, 0) is 9.84 Å². The summed E-state index contributed by atoms with van der Waals surface area (Å²) < 4.78 is 23.0. The second-order valence-corrected chi connectivity index (χ2v) is 8.89. The molecule has 1 aliphatic heterocycles. The molecule has 0 unspecified atom stereocenters. The van der Waals surface area contributed by atoms with Crippen molar-refractivity contribution in [1.29, 1.82) is 0 Å². The smallest absolute Gasteiger partial charge is 0.151 e. The Labute approximate surface area is 118 Å². The Kier molecular flexibility index (Phi) is 6.77. The van der Waals surface area contributed by atoms with Crippen molar-refractivity contribution in [3.05, 3.63) is 0 Å². The normalized spacial score (nSPS) is 21.2. The molecule has 0 aliphatic carbocycles. The van der Waals surface area contributed by atoms with Gasteiger partial charge in [0.2, 0.25) is 0 Å². The summed E-state index contributed by atoms with van der Waals surface area (Å²) >= 11 is 0. The quantitative estimate of drug-likeness (QED) is 0.756. The number of nitrogens with one attached hydrogen (secondary N) is 1. The van der Waals surface area contributed by atoms with Crippen molar-refractivity contribution in [2.45, 2.75) is 52.0 Å². The summed E-state index contributed by atoms with van der Waals surface area (Å²) in [6.45, 7) is 10.3. The number of rotatable bonds is 6. The van der Waals surface area contributed by atoms with E-state index in [9.17, 15) is 8.42 Å². The molecule has 1 N–H and O–H groups in total. The first-order chi connectivity index (χ1) is 8.79. The fourth-order valence-electron chi connectivity index (χ4n) is 2.31. The Bertz CT molecular complexity index is 347. The lowest BCUT2D eigenvalue weighted by Gasteiger charge is -2.21. The summed E-state index contributed by atoms with van der Waals surface area (Å²) in [5.74, 6) is 0.720. The zero-order chi connectivity index (χ0) is 14.4. The predicted molar refractivity (Wildman–Crippen MR) is 81.3 cm³/mol. The van der Waals surface area contributed by atoms with Crippen LogP contribution in [0.3, 0.4) is 0 Å². The third-order valence-electron chi connectivity index (χ3n) is 3.45. The van der Waals surface area contributed by atoms with Crippen LogP contribution >= 0.6 is 0 Å². The largest absolute Gasteiger partial charge is 0.312 e. The lowest BCUT2D eigenvalue weighted by atomic mass is 10.1. The molecular weight excluding hydrogens is 260 g/mol. The molecule has 5 heteroatoms. The molecule has 0 atom stereocenters. The first kappa shape index (κ1) is 16.9. The highest BCUT2D eigenvalue weighted by molar-refractivity contribution is 7.91. The molecule has 0 spiro atoms. The molecule has 0 bridgehead atoms. The summed E-state index contributed by atoms with van der Waals surface area (Å²) in [4.78, 5) is 2.31. The zero-order valence-corrected chi connectivity index (χ0v) is 13.6. The second kappa shape index (κ2) is 7.60. The molecule has 0 aromatic rings. The first-order valence-corrected chi connectivity index (χ1v) is 9.28. The van der Waals surface area contributed by atoms with Gasteiger partial charge in [-0.3, -0.25) is 0 Å². The minimum Gasteiger partial charge on any atom is -0.312 e. The van der Waals surface area contributed by atoms with Crippen molar-refractivity contribution < 1.29 is 8.42 Å². The third-order valence-corrected chi connectivity index (χ3v) is 5.17. The second-order valence-electron chi connectivity index (χ2n) is 6.58. The molecule has 114 valence electrons. The van der Waals surface area contributed by atoms with Crippen LogP contribution in [0.5, 0.6) is 0 Å². The maximum absolute atomic E-state index is 11.5. The maximum Gasteiger partial charge on any atom is 0.151 e. The van der Waals surface area contributed by atoms with Crippen molar-refractivity contribution in [2.75, 3.05) is 37.7 Å². The number of hydrogen-bond donors (Lipinski definition) is 1. The molecule has 1 aliphatic rings. The highest BCUT2D eigenvalue weighted by Gasteiger charge is 2.18. The SMILES string of the molecule is CC(C)(C)NCCCCCN1CCCS(=O)(=O)CC1. The summed E-state index contributed by atoms with van der Waals surface area (Å²) in [7, 11) is -2.76. The van der Waals surface area contributed by atoms with E-state index >= 15 is 0 Å². The molecule has 19 heavy (non-hydrogen) atoms. The Hall–Kier alpha value is -0.130. The zero-order valence-electron chi connectivity index (χ0n) is 12.7. The fourth-order valence-corrected chi connectivity index (χ4v) is 3.62. The summed E-state index contributed by atoms with van der Waals surface area (Å²) in [6, 6.07) is 0. The van der Waals surface area contributed by atoms with Gasteiger partial charge in [0.05, 0.1) is 11.5 Å². The van der Waals surface area contributed by atoms with Crippen LogP contribution in [-0.4, -0.2) is 56.5 Å². The van der Waals surface area contributed by atoms with E-state index in [1.807, 2.05) is 0 Å². The summed E-state index contributed by atoms with van der Waals surface area (Å²) in [5, 5.41) is 3.49. The van der Waals surface area contributed by atoms with E-state index in [-0.39, 0.29) is 5.54 Å². The van der Waals surface area contributed by atoms with E-state index in [4.69, 9.17) is 0 Å². The molecule has 0 radical (unpaired) electrons. The average molecular weight is 290 g/mol. The van der Waals surface area contributed by atoms with Crippen LogP contribution in [0.4, 0.5) is 0 Å². The topological polar surface area (TPSA) is 49.4 Å². The lowest BCUT2D eigenvalue weighted by Crippen LogP contribution is -2.36. The van der Waals surface area contributed by atoms with E-state index in [1.54, 1.807) is 0 Å². The van der Waals surface area contributed by atoms with E-state index in [1.165, 1.54) is 19.3 Å². The standard InChI is InChI=1S/C14H30N2O2S/c1-14(2,3)15-8-5-4-6-9-16-10-7-12-19(17,18)13-11-16/h15H,4-13H2,1-3H3. The molecule has 0 aromatic carbocycles. The number of unbranched alkanes of at least 4 members (excludes halogenated alkanes) is 2. The van der Waals surface area contributed by atoms with Gasteiger partial charge in [0.1, 0.15) is 0 Å². The van der Waals surface area contributed by atoms with Gasteiger partial charge >= 0.3 is 0 Å². The van der Waals surface area contributed by atoms with Crippen molar-refractivity contribution in [1.82, 2.24) is 10.2 Å². The molecule has 0 amide bonds. The number of hydrogen-bond acceptors (Lipinski definition) is 4. The molecule has 4 nitrogen and oxygen atoms in total. The highest BCUT2D eigenvalue weighted by atomic mass is 32.2. The average Bonchev–Trinajstić information content (AvgIpc) is 2.43. The molecule has 1 rings (SSSR count). The van der Waals surface area contributed by atoms with Crippen LogP contribution in [0.2, 0.25) is 0 Å². The van der Waals surface area contributed by atoms with E-state index in [2.05, 4.69) is 31.0 Å². The molecular formula is C14H30N2O2S. The van der Waals surface area contributed by atoms with E-state index < -0.39 is 9.84 Å². The van der Waals surface area contributed by atoms with Gasteiger partial charge in [-0.15, -0.1) is 0 Å². The third kappa shape index (κ3) is 8.60. The van der Waals surface area contributed by atoms with Crippen LogP contribution < -0.4 is 5.32 Å². The molecule has 1 heterocycles. The molecule has 1 fully saturated rings. The van der Waals surface area contributed by atoms with Gasteiger partial charge < -0.3 is 10.2 Å². The van der Waals surface area contributed by atoms with Crippen LogP contribution in [0.15, 0.2) is 0 Å². The van der Waals surface area contributed by atoms with Crippen molar-refractivity contribution in [3.8, 4) is 0 Å². The van der Waals surface area contributed by atoms with Gasteiger partial charge in [-0.1, -0.05) is 6.42 Å². The number of nitrogens with zero attached hydrogens (tertiary/aromatic N) is 1. The Morgan fingerprint density at radius 3 is 2.47 bits per heavy atom. The van der Waals surface area contributed by atoms with Crippen LogP contribution in [0, 0.1) is 0 Å². The predicted octanol–water partition coefficient (Wildman–Crippen LogP) is 1.67. The molecule has 0 aromatic heterocycles. The lowest BCUT2D eigenvalue weighted by molar-refractivity contribution is 0.286. The molecule has 1 saturated heterocycles. The Balaban J connectivity index is 2.07. The van der Waals surface area contributed by atoms with Gasteiger partial charge in [0, 0.05) is 12.1 Å². The minimum atomic E-state index is -2.76. The monoisotopic (exact) mass is 290 g/mol.